The first-order valence-electron chi connectivity index (χ1n) is 4.81. The van der Waals surface area contributed by atoms with E-state index in [0.717, 1.165) is 16.5 Å². The fourth-order valence-electron chi connectivity index (χ4n) is 1.37. The predicted molar refractivity (Wildman–Crippen MR) is 60.9 cm³/mol. The Balaban J connectivity index is 2.31. The third-order valence-corrected chi connectivity index (χ3v) is 2.08. The summed E-state index contributed by atoms with van der Waals surface area (Å²) in [6, 6.07) is 9.48. The summed E-state index contributed by atoms with van der Waals surface area (Å²) in [7, 11) is 0. The molecule has 1 aromatic heterocycles. The monoisotopic (exact) mass is 211 g/mol. The van der Waals surface area contributed by atoms with Gasteiger partial charge in [-0.1, -0.05) is 24.0 Å². The molecule has 0 amide bonds. The minimum absolute atomic E-state index is 0.139. The van der Waals surface area contributed by atoms with Crippen LogP contribution in [-0.2, 0) is 4.79 Å². The fraction of sp³-hybridized carbons (Fsp3) is 0.0769. The van der Waals surface area contributed by atoms with Gasteiger partial charge in [0.15, 0.2) is 0 Å². The maximum atomic E-state index is 10.3. The van der Waals surface area contributed by atoms with Crippen molar-refractivity contribution in [2.24, 2.45) is 0 Å². The number of fused-ring (bicyclic) bond motifs is 1. The molecule has 1 N–H and O–H groups in total. The van der Waals surface area contributed by atoms with Crippen LogP contribution >= 0.6 is 0 Å². The Labute approximate surface area is 92.7 Å². The number of aliphatic carboxylic acids is 1. The molecule has 0 aliphatic rings. The normalized spacial score (nSPS) is 9.50. The van der Waals surface area contributed by atoms with E-state index in [0.29, 0.717) is 0 Å². The summed E-state index contributed by atoms with van der Waals surface area (Å²) >= 11 is 0. The van der Waals surface area contributed by atoms with Crippen molar-refractivity contribution in [2.45, 2.75) is 6.42 Å². The number of aromatic nitrogens is 1. The molecule has 0 saturated heterocycles. The van der Waals surface area contributed by atoms with Gasteiger partial charge in [-0.05, 0) is 18.2 Å². The van der Waals surface area contributed by atoms with Crippen molar-refractivity contribution >= 4 is 16.9 Å². The van der Waals surface area contributed by atoms with Crippen LogP contribution in [0, 0.1) is 11.8 Å². The van der Waals surface area contributed by atoms with E-state index < -0.39 is 5.97 Å². The minimum atomic E-state index is -0.911. The lowest BCUT2D eigenvalue weighted by Gasteiger charge is -1.96. The molecular formula is C13H9NO2. The third kappa shape index (κ3) is 2.37. The summed E-state index contributed by atoms with van der Waals surface area (Å²) in [5.74, 6) is 4.48. The van der Waals surface area contributed by atoms with Gasteiger partial charge in [-0.2, -0.15) is 0 Å². The van der Waals surface area contributed by atoms with Crippen molar-refractivity contribution in [3.05, 3.63) is 42.1 Å². The second-order valence-corrected chi connectivity index (χ2v) is 3.28. The van der Waals surface area contributed by atoms with E-state index in [1.807, 2.05) is 30.3 Å². The molecule has 3 heteroatoms. The average Bonchev–Trinajstić information content (AvgIpc) is 2.28. The second-order valence-electron chi connectivity index (χ2n) is 3.28. The molecule has 0 radical (unpaired) electrons. The van der Waals surface area contributed by atoms with Crippen molar-refractivity contribution in [3.8, 4) is 11.8 Å². The van der Waals surface area contributed by atoms with Gasteiger partial charge in [-0.15, -0.1) is 0 Å². The number of hydrogen-bond donors (Lipinski definition) is 1. The van der Waals surface area contributed by atoms with Crippen LogP contribution in [0.5, 0.6) is 0 Å². The Kier molecular flexibility index (Phi) is 2.84. The number of pyridine rings is 1. The first-order chi connectivity index (χ1) is 7.75. The smallest absolute Gasteiger partial charge is 0.315 e. The van der Waals surface area contributed by atoms with Crippen molar-refractivity contribution < 1.29 is 9.90 Å². The number of carboxylic acids is 1. The number of hydrogen-bond acceptors (Lipinski definition) is 2. The summed E-state index contributed by atoms with van der Waals surface area (Å²) in [6.45, 7) is 0. The molecule has 0 saturated carbocycles. The summed E-state index contributed by atoms with van der Waals surface area (Å²) < 4.78 is 0. The van der Waals surface area contributed by atoms with Gasteiger partial charge in [0.05, 0.1) is 5.52 Å². The molecule has 1 heterocycles. The van der Waals surface area contributed by atoms with E-state index in [9.17, 15) is 4.79 Å². The highest BCUT2D eigenvalue weighted by atomic mass is 16.4. The molecule has 0 spiro atoms. The van der Waals surface area contributed by atoms with Gasteiger partial charge >= 0.3 is 5.97 Å². The summed E-state index contributed by atoms with van der Waals surface area (Å²) in [5, 5.41) is 9.50. The maximum Gasteiger partial charge on any atom is 0.315 e. The Morgan fingerprint density at radius 1 is 1.38 bits per heavy atom. The van der Waals surface area contributed by atoms with Crippen molar-refractivity contribution in [1.82, 2.24) is 4.98 Å². The van der Waals surface area contributed by atoms with Crippen LogP contribution in [0.3, 0.4) is 0 Å². The molecule has 0 fully saturated rings. The van der Waals surface area contributed by atoms with Gasteiger partial charge in [0.1, 0.15) is 6.42 Å². The predicted octanol–water partition coefficient (Wildman–Crippen LogP) is 2.06. The molecule has 16 heavy (non-hydrogen) atoms. The van der Waals surface area contributed by atoms with Crippen molar-refractivity contribution in [2.75, 3.05) is 0 Å². The third-order valence-electron chi connectivity index (χ3n) is 2.08. The van der Waals surface area contributed by atoms with Crippen LogP contribution in [0.25, 0.3) is 10.9 Å². The molecule has 0 atom stereocenters. The first-order valence-corrected chi connectivity index (χ1v) is 4.81. The van der Waals surface area contributed by atoms with E-state index in [1.165, 1.54) is 0 Å². The van der Waals surface area contributed by atoms with E-state index in [4.69, 9.17) is 5.11 Å². The summed E-state index contributed by atoms with van der Waals surface area (Å²) in [6.07, 6.45) is 1.58. The Bertz CT molecular complexity index is 593. The zero-order valence-corrected chi connectivity index (χ0v) is 8.47. The summed E-state index contributed by atoms with van der Waals surface area (Å²) in [4.78, 5) is 14.5. The lowest BCUT2D eigenvalue weighted by atomic mass is 10.1. The molecule has 2 rings (SSSR count). The lowest BCUT2D eigenvalue weighted by molar-refractivity contribution is -0.135. The Hall–Kier alpha value is -2.34. The largest absolute Gasteiger partial charge is 0.481 e. The van der Waals surface area contributed by atoms with Crippen LogP contribution in [0.2, 0.25) is 0 Å². The minimum Gasteiger partial charge on any atom is -0.481 e. The number of rotatable bonds is 1. The van der Waals surface area contributed by atoms with Crippen LogP contribution in [0.4, 0.5) is 0 Å². The molecule has 1 aromatic carbocycles. The van der Waals surface area contributed by atoms with E-state index >= 15 is 0 Å². The molecule has 0 aliphatic carbocycles. The topological polar surface area (TPSA) is 50.2 Å². The number of carbonyl (C=O) groups is 1. The van der Waals surface area contributed by atoms with Gasteiger partial charge in [0.25, 0.3) is 0 Å². The Morgan fingerprint density at radius 2 is 2.25 bits per heavy atom. The number of nitrogens with zero attached hydrogens (tertiary/aromatic N) is 1. The van der Waals surface area contributed by atoms with Crippen LogP contribution in [0.1, 0.15) is 12.0 Å². The number of carboxylic acid groups (broad SMARTS) is 1. The standard InChI is InChI=1S/C13H9NO2/c15-13(16)5-1-3-10-6-7-11-4-2-8-14-12(11)9-10/h2,4,6-9H,5H2,(H,15,16). The Morgan fingerprint density at radius 3 is 3.06 bits per heavy atom. The van der Waals surface area contributed by atoms with Crippen molar-refractivity contribution in [3.63, 3.8) is 0 Å². The van der Waals surface area contributed by atoms with Gasteiger partial charge in [-0.3, -0.25) is 9.78 Å². The van der Waals surface area contributed by atoms with Crippen LogP contribution in [0.15, 0.2) is 36.5 Å². The van der Waals surface area contributed by atoms with Gasteiger partial charge in [0.2, 0.25) is 0 Å². The maximum absolute atomic E-state index is 10.3. The first kappa shape index (κ1) is 10.2. The molecule has 0 aliphatic heterocycles. The van der Waals surface area contributed by atoms with Crippen LogP contribution < -0.4 is 0 Å². The number of benzene rings is 1. The van der Waals surface area contributed by atoms with Gasteiger partial charge in [-0.25, -0.2) is 0 Å². The molecule has 78 valence electrons. The van der Waals surface area contributed by atoms with Crippen LogP contribution in [-0.4, -0.2) is 16.1 Å². The molecular weight excluding hydrogens is 202 g/mol. The second kappa shape index (κ2) is 4.45. The zero-order chi connectivity index (χ0) is 11.4. The quantitative estimate of drug-likeness (QED) is 0.734. The van der Waals surface area contributed by atoms with E-state index in [-0.39, 0.29) is 6.42 Å². The van der Waals surface area contributed by atoms with E-state index in [2.05, 4.69) is 16.8 Å². The van der Waals surface area contributed by atoms with Gasteiger partial charge < -0.3 is 5.11 Å². The van der Waals surface area contributed by atoms with E-state index in [1.54, 1.807) is 6.20 Å². The molecule has 3 nitrogen and oxygen atoms in total. The zero-order valence-electron chi connectivity index (χ0n) is 8.47. The molecule has 0 bridgehead atoms. The summed E-state index contributed by atoms with van der Waals surface area (Å²) in [5.41, 5.74) is 1.65. The highest BCUT2D eigenvalue weighted by Gasteiger charge is 1.94. The highest BCUT2D eigenvalue weighted by molar-refractivity contribution is 5.79. The SMILES string of the molecule is O=C(O)CC#Cc1ccc2cccnc2c1. The molecule has 0 unspecified atom stereocenters. The van der Waals surface area contributed by atoms with Crippen molar-refractivity contribution in [1.29, 1.82) is 0 Å². The van der Waals surface area contributed by atoms with Gasteiger partial charge in [0, 0.05) is 17.1 Å². The highest BCUT2D eigenvalue weighted by Crippen LogP contribution is 2.12. The molecule has 2 aromatic rings. The average molecular weight is 211 g/mol. The fourth-order valence-corrected chi connectivity index (χ4v) is 1.37. The lowest BCUT2D eigenvalue weighted by Crippen LogP contribution is -1.90.